The Morgan fingerprint density at radius 2 is 1.83 bits per heavy atom. The van der Waals surface area contributed by atoms with Gasteiger partial charge < -0.3 is 25.4 Å². The van der Waals surface area contributed by atoms with Gasteiger partial charge in [-0.05, 0) is 36.2 Å². The average molecular weight is 413 g/mol. The lowest BCUT2D eigenvalue weighted by Crippen LogP contribution is -2.36. The van der Waals surface area contributed by atoms with Gasteiger partial charge in [-0.1, -0.05) is 26.0 Å². The molecule has 0 saturated carbocycles. The molecule has 30 heavy (non-hydrogen) atoms. The molecule has 1 unspecified atom stereocenters. The lowest BCUT2D eigenvalue weighted by Gasteiger charge is -2.15. The number of rotatable bonds is 9. The number of hydrogen-bond donors (Lipinski definition) is 3. The number of nitrogens with one attached hydrogen (secondary N) is 3. The third-order valence-electron chi connectivity index (χ3n) is 4.88. The summed E-state index contributed by atoms with van der Waals surface area (Å²) < 4.78 is 10.7. The molecule has 0 radical (unpaired) electrons. The minimum atomic E-state index is -0.00949. The summed E-state index contributed by atoms with van der Waals surface area (Å²) in [5.41, 5.74) is 2.84. The summed E-state index contributed by atoms with van der Waals surface area (Å²) in [6.45, 7) is 5.06. The Hall–Kier alpha value is -3.22. The van der Waals surface area contributed by atoms with Crippen LogP contribution in [0.4, 0.5) is 5.69 Å². The Morgan fingerprint density at radius 3 is 2.50 bits per heavy atom. The van der Waals surface area contributed by atoms with Crippen molar-refractivity contribution in [3.8, 4) is 11.5 Å². The molecule has 1 atom stereocenters. The number of carbonyl (C=O) groups is 1. The topological polar surface area (TPSA) is 84.0 Å². The van der Waals surface area contributed by atoms with E-state index < -0.39 is 0 Å². The first kappa shape index (κ1) is 23.1. The predicted octanol–water partition coefficient (Wildman–Crippen LogP) is 3.55. The molecule has 2 aromatic rings. The fourth-order valence-corrected chi connectivity index (χ4v) is 2.79. The van der Waals surface area contributed by atoms with Crippen LogP contribution >= 0.6 is 0 Å². The number of carbonyl (C=O) groups excluding carboxylic acids is 1. The highest BCUT2D eigenvalue weighted by molar-refractivity contribution is 5.92. The van der Waals surface area contributed by atoms with Gasteiger partial charge in [0.05, 0.1) is 14.2 Å². The first-order chi connectivity index (χ1) is 14.5. The zero-order valence-corrected chi connectivity index (χ0v) is 18.4. The summed E-state index contributed by atoms with van der Waals surface area (Å²) in [5.74, 6) is 2.20. The molecule has 0 saturated heterocycles. The molecule has 7 nitrogen and oxygen atoms in total. The van der Waals surface area contributed by atoms with Gasteiger partial charge in [-0.3, -0.25) is 9.79 Å². The van der Waals surface area contributed by atoms with E-state index in [0.29, 0.717) is 19.0 Å². The normalized spacial score (nSPS) is 12.1. The molecule has 0 aliphatic rings. The molecule has 3 N–H and O–H groups in total. The molecule has 1 amide bonds. The summed E-state index contributed by atoms with van der Waals surface area (Å²) in [4.78, 5) is 16.4. The number of aliphatic imine (C=N–C) groups is 1. The number of nitrogens with zero attached hydrogens (tertiary/aromatic N) is 1. The molecule has 0 heterocycles. The van der Waals surface area contributed by atoms with E-state index in [2.05, 4.69) is 20.9 Å². The van der Waals surface area contributed by atoms with Crippen LogP contribution in [-0.2, 0) is 17.9 Å². The van der Waals surface area contributed by atoms with E-state index >= 15 is 0 Å². The summed E-state index contributed by atoms with van der Waals surface area (Å²) in [5, 5.41) is 9.54. The van der Waals surface area contributed by atoms with Gasteiger partial charge in [-0.15, -0.1) is 0 Å². The number of amides is 1. The van der Waals surface area contributed by atoms with Crippen molar-refractivity contribution in [1.82, 2.24) is 10.6 Å². The second-order valence-corrected chi connectivity index (χ2v) is 6.96. The van der Waals surface area contributed by atoms with Crippen molar-refractivity contribution in [3.63, 3.8) is 0 Å². The van der Waals surface area contributed by atoms with Gasteiger partial charge in [0.2, 0.25) is 5.91 Å². The number of methoxy groups -OCH3 is 2. The number of benzene rings is 2. The van der Waals surface area contributed by atoms with Crippen LogP contribution in [0.2, 0.25) is 0 Å². The van der Waals surface area contributed by atoms with E-state index in [1.54, 1.807) is 21.3 Å². The van der Waals surface area contributed by atoms with Crippen LogP contribution in [0.3, 0.4) is 0 Å². The maximum absolute atomic E-state index is 12.1. The molecule has 0 bridgehead atoms. The van der Waals surface area contributed by atoms with Crippen molar-refractivity contribution in [3.05, 3.63) is 53.6 Å². The van der Waals surface area contributed by atoms with E-state index in [0.717, 1.165) is 34.7 Å². The highest BCUT2D eigenvalue weighted by Crippen LogP contribution is 2.24. The number of anilines is 1. The Bertz CT molecular complexity index is 867. The standard InChI is InChI=1S/C23H32N4O3/c1-6-16(2)22(28)27-19-9-7-8-17(12-19)14-25-23(24-3)26-15-18-10-11-20(29-4)13-21(18)30-5/h7-13,16H,6,14-15H2,1-5H3,(H,27,28)(H2,24,25,26). The SMILES string of the molecule is CCC(C)C(=O)Nc1cccc(CNC(=NC)NCc2ccc(OC)cc2OC)c1. The van der Waals surface area contributed by atoms with Gasteiger partial charge >= 0.3 is 0 Å². The monoisotopic (exact) mass is 412 g/mol. The van der Waals surface area contributed by atoms with E-state index in [9.17, 15) is 4.79 Å². The second-order valence-electron chi connectivity index (χ2n) is 6.96. The average Bonchev–Trinajstić information content (AvgIpc) is 2.78. The molecule has 0 aliphatic heterocycles. The Balaban J connectivity index is 1.93. The summed E-state index contributed by atoms with van der Waals surface area (Å²) in [7, 11) is 4.99. The first-order valence-electron chi connectivity index (χ1n) is 10.1. The number of guanidine groups is 1. The van der Waals surface area contributed by atoms with E-state index in [1.807, 2.05) is 56.3 Å². The molecule has 0 aromatic heterocycles. The maximum Gasteiger partial charge on any atom is 0.227 e. The fraction of sp³-hybridized carbons (Fsp3) is 0.391. The maximum atomic E-state index is 12.1. The van der Waals surface area contributed by atoms with E-state index in [-0.39, 0.29) is 11.8 Å². The molecule has 0 spiro atoms. The largest absolute Gasteiger partial charge is 0.497 e. The molecule has 2 aromatic carbocycles. The third-order valence-corrected chi connectivity index (χ3v) is 4.88. The quantitative estimate of drug-likeness (QED) is 0.433. The summed E-state index contributed by atoms with van der Waals surface area (Å²) in [6, 6.07) is 13.5. The zero-order valence-electron chi connectivity index (χ0n) is 18.4. The molecular weight excluding hydrogens is 380 g/mol. The van der Waals surface area contributed by atoms with Crippen LogP contribution in [0.5, 0.6) is 11.5 Å². The van der Waals surface area contributed by atoms with Gasteiger partial charge in [0.25, 0.3) is 0 Å². The molecule has 2 rings (SSSR count). The Morgan fingerprint density at radius 1 is 1.07 bits per heavy atom. The van der Waals surface area contributed by atoms with Crippen molar-refractivity contribution in [2.24, 2.45) is 10.9 Å². The molecule has 0 aliphatic carbocycles. The van der Waals surface area contributed by atoms with Crippen molar-refractivity contribution in [2.45, 2.75) is 33.4 Å². The van der Waals surface area contributed by atoms with Crippen LogP contribution in [0.15, 0.2) is 47.5 Å². The minimum absolute atomic E-state index is 0.00949. The second kappa shape index (κ2) is 11.7. The van der Waals surface area contributed by atoms with Gasteiger partial charge in [0, 0.05) is 43.4 Å². The first-order valence-corrected chi connectivity index (χ1v) is 10.1. The minimum Gasteiger partial charge on any atom is -0.497 e. The van der Waals surface area contributed by atoms with Crippen LogP contribution in [0, 0.1) is 5.92 Å². The zero-order chi connectivity index (χ0) is 21.9. The number of ether oxygens (including phenoxy) is 2. The van der Waals surface area contributed by atoms with Crippen LogP contribution in [0.25, 0.3) is 0 Å². The molecule has 0 fully saturated rings. The Labute approximate surface area is 178 Å². The Kier molecular flexibility index (Phi) is 9.00. The molecular formula is C23H32N4O3. The summed E-state index contributed by atoms with van der Waals surface area (Å²) in [6.07, 6.45) is 0.814. The van der Waals surface area contributed by atoms with Gasteiger partial charge in [0.1, 0.15) is 11.5 Å². The fourth-order valence-electron chi connectivity index (χ4n) is 2.79. The number of hydrogen-bond acceptors (Lipinski definition) is 4. The highest BCUT2D eigenvalue weighted by Gasteiger charge is 2.11. The van der Waals surface area contributed by atoms with Crippen molar-refractivity contribution in [1.29, 1.82) is 0 Å². The lowest BCUT2D eigenvalue weighted by molar-refractivity contribution is -0.119. The van der Waals surface area contributed by atoms with Crippen molar-refractivity contribution in [2.75, 3.05) is 26.6 Å². The van der Waals surface area contributed by atoms with Gasteiger partial charge in [0.15, 0.2) is 5.96 Å². The van der Waals surface area contributed by atoms with Crippen LogP contribution in [-0.4, -0.2) is 33.1 Å². The lowest BCUT2D eigenvalue weighted by atomic mass is 10.1. The smallest absolute Gasteiger partial charge is 0.227 e. The van der Waals surface area contributed by atoms with Crippen LogP contribution in [0.1, 0.15) is 31.4 Å². The highest BCUT2D eigenvalue weighted by atomic mass is 16.5. The van der Waals surface area contributed by atoms with Gasteiger partial charge in [-0.2, -0.15) is 0 Å². The van der Waals surface area contributed by atoms with Gasteiger partial charge in [-0.25, -0.2) is 0 Å². The van der Waals surface area contributed by atoms with Crippen molar-refractivity contribution >= 4 is 17.6 Å². The van der Waals surface area contributed by atoms with E-state index in [1.165, 1.54) is 0 Å². The van der Waals surface area contributed by atoms with Crippen molar-refractivity contribution < 1.29 is 14.3 Å². The molecule has 7 heteroatoms. The van der Waals surface area contributed by atoms with E-state index in [4.69, 9.17) is 9.47 Å². The molecule has 162 valence electrons. The van der Waals surface area contributed by atoms with Crippen LogP contribution < -0.4 is 25.4 Å². The summed E-state index contributed by atoms with van der Waals surface area (Å²) >= 11 is 0. The predicted molar refractivity (Wildman–Crippen MR) is 121 cm³/mol. The third kappa shape index (κ3) is 6.69.